The van der Waals surface area contributed by atoms with Crippen molar-refractivity contribution in [1.29, 1.82) is 0 Å². The summed E-state index contributed by atoms with van der Waals surface area (Å²) in [4.78, 5) is 0. The van der Waals surface area contributed by atoms with Gasteiger partial charge in [-0.15, -0.1) is 0 Å². The van der Waals surface area contributed by atoms with Gasteiger partial charge >= 0.3 is 0 Å². The fourth-order valence-electron chi connectivity index (χ4n) is 2.44. The quantitative estimate of drug-likeness (QED) is 0.851. The van der Waals surface area contributed by atoms with Gasteiger partial charge in [0.1, 0.15) is 0 Å². The Morgan fingerprint density at radius 1 is 1.19 bits per heavy atom. The number of aromatic nitrogens is 4. The van der Waals surface area contributed by atoms with Crippen LogP contribution in [0.2, 0.25) is 0 Å². The number of aryl methyl sites for hydroxylation is 3. The lowest BCUT2D eigenvalue weighted by molar-refractivity contribution is 0.583. The number of hydrogen-bond donors (Lipinski definition) is 1. The Labute approximate surface area is 126 Å². The summed E-state index contributed by atoms with van der Waals surface area (Å²) in [7, 11) is 0. The second-order valence-corrected chi connectivity index (χ2v) is 5.45. The maximum absolute atomic E-state index is 4.45. The van der Waals surface area contributed by atoms with Crippen molar-refractivity contribution in [2.45, 2.75) is 53.1 Å². The molecule has 1 atom stereocenters. The fraction of sp³-hybridized carbons (Fsp3) is 0.562. The van der Waals surface area contributed by atoms with Crippen LogP contribution in [0, 0.1) is 13.8 Å². The fourth-order valence-corrected chi connectivity index (χ4v) is 2.44. The van der Waals surface area contributed by atoms with Crippen LogP contribution in [0.15, 0.2) is 18.5 Å². The molecule has 0 saturated carbocycles. The molecule has 2 heterocycles. The molecule has 0 aliphatic carbocycles. The van der Waals surface area contributed by atoms with E-state index < -0.39 is 0 Å². The van der Waals surface area contributed by atoms with Crippen LogP contribution in [0.25, 0.3) is 0 Å². The average molecular weight is 287 g/mol. The molecule has 0 bridgehead atoms. The maximum Gasteiger partial charge on any atom is 0.0651 e. The molecule has 114 valence electrons. The number of nitrogens with one attached hydrogen (secondary N) is 1. The van der Waals surface area contributed by atoms with Crippen LogP contribution in [0.5, 0.6) is 0 Å². The largest absolute Gasteiger partial charge is 0.306 e. The van der Waals surface area contributed by atoms with Gasteiger partial charge in [-0.3, -0.25) is 4.68 Å². The van der Waals surface area contributed by atoms with Crippen molar-refractivity contribution in [3.8, 4) is 0 Å². The summed E-state index contributed by atoms with van der Waals surface area (Å²) in [5.41, 5.74) is 4.29. The molecule has 0 aliphatic rings. The summed E-state index contributed by atoms with van der Waals surface area (Å²) in [6.45, 7) is 10.2. The van der Waals surface area contributed by atoms with Gasteiger partial charge < -0.3 is 5.32 Å². The van der Waals surface area contributed by atoms with Crippen molar-refractivity contribution in [2.24, 2.45) is 0 Å². The third-order valence-corrected chi connectivity index (χ3v) is 3.49. The second kappa shape index (κ2) is 7.31. The zero-order valence-corrected chi connectivity index (χ0v) is 13.4. The topological polar surface area (TPSA) is 55.6 Å². The highest BCUT2D eigenvalue weighted by molar-refractivity contribution is 5.32. The third kappa shape index (κ3) is 3.88. The molecule has 0 spiro atoms. The molecule has 0 radical (unpaired) electrons. The van der Waals surface area contributed by atoms with E-state index in [9.17, 15) is 0 Å². The van der Waals surface area contributed by atoms with E-state index in [-0.39, 0.29) is 6.04 Å². The van der Waals surface area contributed by atoms with E-state index in [1.807, 2.05) is 24.7 Å². The molecule has 21 heavy (non-hydrogen) atoms. The molecule has 2 aromatic rings. The molecule has 1 unspecified atom stereocenters. The SMILES string of the molecule is CCCNC(c1cnn(CCC)c1)c1cc(C)nnc1C. The molecule has 0 fully saturated rings. The Morgan fingerprint density at radius 2 is 2.00 bits per heavy atom. The minimum Gasteiger partial charge on any atom is -0.306 e. The first-order valence-electron chi connectivity index (χ1n) is 7.72. The molecular formula is C16H25N5. The van der Waals surface area contributed by atoms with Gasteiger partial charge in [-0.05, 0) is 44.9 Å². The molecule has 5 heteroatoms. The number of rotatable bonds is 7. The summed E-state index contributed by atoms with van der Waals surface area (Å²) < 4.78 is 2.01. The van der Waals surface area contributed by atoms with Gasteiger partial charge in [0.25, 0.3) is 0 Å². The predicted octanol–water partition coefficient (Wildman–Crippen LogP) is 2.79. The lowest BCUT2D eigenvalue weighted by atomic mass is 10.00. The Morgan fingerprint density at radius 3 is 2.71 bits per heavy atom. The van der Waals surface area contributed by atoms with Gasteiger partial charge in [-0.25, -0.2) is 0 Å². The summed E-state index contributed by atoms with van der Waals surface area (Å²) in [6.07, 6.45) is 6.27. The van der Waals surface area contributed by atoms with E-state index in [2.05, 4.69) is 46.7 Å². The van der Waals surface area contributed by atoms with Crippen LogP contribution in [-0.4, -0.2) is 26.5 Å². The van der Waals surface area contributed by atoms with E-state index in [1.165, 1.54) is 11.1 Å². The second-order valence-electron chi connectivity index (χ2n) is 5.45. The minimum absolute atomic E-state index is 0.129. The number of nitrogens with zero attached hydrogens (tertiary/aromatic N) is 4. The van der Waals surface area contributed by atoms with E-state index >= 15 is 0 Å². The lowest BCUT2D eigenvalue weighted by Gasteiger charge is -2.19. The Kier molecular flexibility index (Phi) is 5.44. The Bertz CT molecular complexity index is 576. The first-order chi connectivity index (χ1) is 10.2. The summed E-state index contributed by atoms with van der Waals surface area (Å²) in [5, 5.41) is 16.4. The van der Waals surface area contributed by atoms with Crippen LogP contribution >= 0.6 is 0 Å². The molecule has 0 saturated heterocycles. The zero-order valence-electron chi connectivity index (χ0n) is 13.4. The standard InChI is InChI=1S/C16H25N5/c1-5-7-17-16(14-10-18-21(11-14)8-6-2)15-9-12(3)19-20-13(15)4/h9-11,16-17H,5-8H2,1-4H3. The average Bonchev–Trinajstić information content (AvgIpc) is 2.92. The maximum atomic E-state index is 4.45. The van der Waals surface area contributed by atoms with Gasteiger partial charge in [0, 0.05) is 18.3 Å². The third-order valence-electron chi connectivity index (χ3n) is 3.49. The van der Waals surface area contributed by atoms with Crippen LogP contribution < -0.4 is 5.32 Å². The lowest BCUT2D eigenvalue weighted by Crippen LogP contribution is -2.24. The molecule has 1 N–H and O–H groups in total. The first kappa shape index (κ1) is 15.6. The highest BCUT2D eigenvalue weighted by Crippen LogP contribution is 2.24. The zero-order chi connectivity index (χ0) is 15.2. The summed E-state index contributed by atoms with van der Waals surface area (Å²) in [5.74, 6) is 0. The predicted molar refractivity (Wildman–Crippen MR) is 84.2 cm³/mol. The van der Waals surface area contributed by atoms with Crippen LogP contribution in [-0.2, 0) is 6.54 Å². The van der Waals surface area contributed by atoms with Crippen LogP contribution in [0.3, 0.4) is 0 Å². The molecule has 0 aromatic carbocycles. The Hall–Kier alpha value is -1.75. The van der Waals surface area contributed by atoms with Crippen molar-refractivity contribution in [2.75, 3.05) is 6.54 Å². The van der Waals surface area contributed by atoms with E-state index in [0.717, 1.165) is 37.3 Å². The molecule has 0 amide bonds. The van der Waals surface area contributed by atoms with Gasteiger partial charge in [-0.2, -0.15) is 15.3 Å². The van der Waals surface area contributed by atoms with E-state index in [0.29, 0.717) is 0 Å². The van der Waals surface area contributed by atoms with Crippen molar-refractivity contribution in [3.63, 3.8) is 0 Å². The molecule has 2 aromatic heterocycles. The molecule has 5 nitrogen and oxygen atoms in total. The van der Waals surface area contributed by atoms with Gasteiger partial charge in [0.15, 0.2) is 0 Å². The Balaban J connectivity index is 2.34. The molecule has 2 rings (SSSR count). The van der Waals surface area contributed by atoms with Crippen LogP contribution in [0.4, 0.5) is 0 Å². The highest BCUT2D eigenvalue weighted by Gasteiger charge is 2.18. The van der Waals surface area contributed by atoms with E-state index in [4.69, 9.17) is 0 Å². The summed E-state index contributed by atoms with van der Waals surface area (Å²) >= 11 is 0. The van der Waals surface area contributed by atoms with Crippen molar-refractivity contribution >= 4 is 0 Å². The summed E-state index contributed by atoms with van der Waals surface area (Å²) in [6, 6.07) is 2.25. The highest BCUT2D eigenvalue weighted by atomic mass is 15.3. The van der Waals surface area contributed by atoms with Gasteiger partial charge in [0.2, 0.25) is 0 Å². The van der Waals surface area contributed by atoms with Crippen molar-refractivity contribution in [1.82, 2.24) is 25.3 Å². The van der Waals surface area contributed by atoms with Crippen molar-refractivity contribution < 1.29 is 0 Å². The minimum atomic E-state index is 0.129. The normalized spacial score (nSPS) is 12.6. The monoisotopic (exact) mass is 287 g/mol. The molecule has 0 aliphatic heterocycles. The van der Waals surface area contributed by atoms with Gasteiger partial charge in [0.05, 0.1) is 23.6 Å². The molecular weight excluding hydrogens is 262 g/mol. The first-order valence-corrected chi connectivity index (χ1v) is 7.72. The van der Waals surface area contributed by atoms with Crippen molar-refractivity contribution in [3.05, 3.63) is 41.0 Å². The number of hydrogen-bond acceptors (Lipinski definition) is 4. The van der Waals surface area contributed by atoms with Gasteiger partial charge in [-0.1, -0.05) is 13.8 Å². The smallest absolute Gasteiger partial charge is 0.0651 e. The van der Waals surface area contributed by atoms with E-state index in [1.54, 1.807) is 0 Å². The van der Waals surface area contributed by atoms with Crippen LogP contribution in [0.1, 0.15) is 55.2 Å².